The molecule has 0 saturated heterocycles. The summed E-state index contributed by atoms with van der Waals surface area (Å²) in [4.78, 5) is 0. The van der Waals surface area contributed by atoms with Crippen molar-refractivity contribution < 1.29 is 4.74 Å². The summed E-state index contributed by atoms with van der Waals surface area (Å²) in [7, 11) is 1.84. The van der Waals surface area contributed by atoms with E-state index in [1.165, 1.54) is 11.1 Å². The number of unbranched alkanes of at least 4 members (excludes halogenated alkanes) is 1. The van der Waals surface area contributed by atoms with Gasteiger partial charge >= 0.3 is 0 Å². The minimum absolute atomic E-state index is 0.531. The van der Waals surface area contributed by atoms with Crippen molar-refractivity contribution >= 4 is 5.57 Å². The lowest BCUT2D eigenvalue weighted by Crippen LogP contribution is -2.06. The summed E-state index contributed by atoms with van der Waals surface area (Å²) in [5.74, 6) is 3.64. The second kappa shape index (κ2) is 10.3. The van der Waals surface area contributed by atoms with Gasteiger partial charge in [-0.2, -0.15) is 0 Å². The molecule has 27 heavy (non-hydrogen) atoms. The maximum atomic E-state index is 6.13. The molecule has 0 amide bonds. The van der Waals surface area contributed by atoms with Crippen molar-refractivity contribution in [1.82, 2.24) is 5.32 Å². The van der Waals surface area contributed by atoms with Crippen LogP contribution in [-0.2, 0) is 13.0 Å². The quantitative estimate of drug-likeness (QED) is 0.354. The Hall–Kier alpha value is -2.92. The highest BCUT2D eigenvalue weighted by molar-refractivity contribution is 5.70. The Labute approximate surface area is 164 Å². The molecule has 2 heteroatoms. The molecule has 0 radical (unpaired) electrons. The number of hydrogen-bond donors (Lipinski definition) is 1. The van der Waals surface area contributed by atoms with Crippen LogP contribution in [0.1, 0.15) is 42.0 Å². The SMILES string of the molecule is C#C/C(NC)=C(/C)c1cccc(COc2cccc(CCCC=C)c2C)c1. The van der Waals surface area contributed by atoms with Crippen molar-refractivity contribution in [3.63, 3.8) is 0 Å². The van der Waals surface area contributed by atoms with E-state index in [4.69, 9.17) is 11.2 Å². The molecule has 0 fully saturated rings. The van der Waals surface area contributed by atoms with Crippen LogP contribution in [0.4, 0.5) is 0 Å². The van der Waals surface area contributed by atoms with E-state index in [2.05, 4.69) is 55.1 Å². The number of nitrogens with one attached hydrogen (secondary N) is 1. The minimum atomic E-state index is 0.531. The maximum absolute atomic E-state index is 6.13. The van der Waals surface area contributed by atoms with Gasteiger partial charge in [-0.05, 0) is 73.1 Å². The van der Waals surface area contributed by atoms with E-state index in [1.54, 1.807) is 0 Å². The molecule has 0 saturated carbocycles. The third-order valence-electron chi connectivity index (χ3n) is 4.77. The Morgan fingerprint density at radius 2 is 2.04 bits per heavy atom. The van der Waals surface area contributed by atoms with E-state index in [-0.39, 0.29) is 0 Å². The fourth-order valence-electron chi connectivity index (χ4n) is 3.09. The average molecular weight is 360 g/mol. The Balaban J connectivity index is 2.13. The smallest absolute Gasteiger partial charge is 0.122 e. The molecule has 0 aliphatic heterocycles. The van der Waals surface area contributed by atoms with Crippen molar-refractivity contribution in [1.29, 1.82) is 0 Å². The molecule has 0 heterocycles. The van der Waals surface area contributed by atoms with E-state index in [1.807, 2.05) is 32.2 Å². The molecule has 0 aromatic heterocycles. The summed E-state index contributed by atoms with van der Waals surface area (Å²) in [5, 5.41) is 3.07. The normalized spacial score (nSPS) is 11.3. The fraction of sp³-hybridized carbons (Fsp3) is 0.280. The zero-order valence-corrected chi connectivity index (χ0v) is 16.6. The number of allylic oxidation sites excluding steroid dienone is 3. The van der Waals surface area contributed by atoms with E-state index in [0.29, 0.717) is 6.61 Å². The summed E-state index contributed by atoms with van der Waals surface area (Å²) < 4.78 is 6.13. The molecule has 0 aliphatic carbocycles. The summed E-state index contributed by atoms with van der Waals surface area (Å²) in [6.07, 6.45) is 10.7. The number of rotatable bonds is 9. The summed E-state index contributed by atoms with van der Waals surface area (Å²) in [6, 6.07) is 14.6. The number of hydrogen-bond acceptors (Lipinski definition) is 2. The molecule has 1 N–H and O–H groups in total. The lowest BCUT2D eigenvalue weighted by molar-refractivity contribution is 0.303. The van der Waals surface area contributed by atoms with Gasteiger partial charge in [0.05, 0.1) is 5.70 Å². The predicted molar refractivity (Wildman–Crippen MR) is 116 cm³/mol. The highest BCUT2D eigenvalue weighted by Gasteiger charge is 2.07. The van der Waals surface area contributed by atoms with Crippen LogP contribution in [0.5, 0.6) is 5.75 Å². The zero-order chi connectivity index (χ0) is 19.6. The van der Waals surface area contributed by atoms with Gasteiger partial charge in [0, 0.05) is 7.05 Å². The predicted octanol–water partition coefficient (Wildman–Crippen LogP) is 5.67. The molecule has 2 aromatic carbocycles. The molecule has 0 spiro atoms. The lowest BCUT2D eigenvalue weighted by atomic mass is 10.0. The zero-order valence-electron chi connectivity index (χ0n) is 16.6. The first-order valence-corrected chi connectivity index (χ1v) is 9.37. The van der Waals surface area contributed by atoms with Crippen molar-refractivity contribution in [2.75, 3.05) is 7.05 Å². The van der Waals surface area contributed by atoms with E-state index in [0.717, 1.165) is 47.4 Å². The topological polar surface area (TPSA) is 21.3 Å². The Kier molecular flexibility index (Phi) is 7.77. The van der Waals surface area contributed by atoms with Crippen LogP contribution < -0.4 is 10.1 Å². The summed E-state index contributed by atoms with van der Waals surface area (Å²) in [5.41, 5.74) is 6.65. The Morgan fingerprint density at radius 1 is 1.26 bits per heavy atom. The minimum Gasteiger partial charge on any atom is -0.489 e. The number of aryl methyl sites for hydroxylation is 1. The Bertz CT molecular complexity index is 855. The molecule has 0 unspecified atom stereocenters. The second-order valence-electron chi connectivity index (χ2n) is 6.60. The van der Waals surface area contributed by atoms with Crippen LogP contribution in [0.2, 0.25) is 0 Å². The van der Waals surface area contributed by atoms with Gasteiger partial charge in [-0.25, -0.2) is 0 Å². The first-order valence-electron chi connectivity index (χ1n) is 9.37. The number of benzene rings is 2. The van der Waals surface area contributed by atoms with Crippen LogP contribution in [0.15, 0.2) is 60.8 Å². The molecule has 2 nitrogen and oxygen atoms in total. The first kappa shape index (κ1) is 20.4. The van der Waals surface area contributed by atoms with Crippen LogP contribution >= 0.6 is 0 Å². The monoisotopic (exact) mass is 359 g/mol. The fourth-order valence-corrected chi connectivity index (χ4v) is 3.09. The van der Waals surface area contributed by atoms with Crippen LogP contribution in [0.25, 0.3) is 5.57 Å². The van der Waals surface area contributed by atoms with Gasteiger partial charge in [-0.15, -0.1) is 13.0 Å². The van der Waals surface area contributed by atoms with E-state index < -0.39 is 0 Å². The van der Waals surface area contributed by atoms with Gasteiger partial charge in [0.25, 0.3) is 0 Å². The third kappa shape index (κ3) is 5.53. The van der Waals surface area contributed by atoms with Crippen molar-refractivity contribution in [2.24, 2.45) is 0 Å². The molecule has 2 aromatic rings. The number of terminal acetylenes is 1. The van der Waals surface area contributed by atoms with Crippen molar-refractivity contribution in [3.05, 3.63) is 83.1 Å². The highest BCUT2D eigenvalue weighted by atomic mass is 16.5. The molecule has 2 rings (SSSR count). The molecule has 0 aliphatic rings. The highest BCUT2D eigenvalue weighted by Crippen LogP contribution is 2.25. The summed E-state index contributed by atoms with van der Waals surface area (Å²) >= 11 is 0. The molecule has 0 atom stereocenters. The standard InChI is InChI=1S/C25H29NO/c1-6-8-9-13-22-14-11-16-25(20(22)4)27-18-21-12-10-15-23(17-21)19(3)24(7-2)26-5/h2,6,10-12,14-17,26H,1,8-9,13,18H2,3-5H3/b24-19+. The molecule has 140 valence electrons. The first-order chi connectivity index (χ1) is 13.1. The molecular formula is C25H29NO. The number of ether oxygens (including phenoxy) is 1. The second-order valence-corrected chi connectivity index (χ2v) is 6.60. The van der Waals surface area contributed by atoms with Crippen molar-refractivity contribution in [2.45, 2.75) is 39.7 Å². The maximum Gasteiger partial charge on any atom is 0.122 e. The molecule has 0 bridgehead atoms. The van der Waals surface area contributed by atoms with Crippen molar-refractivity contribution in [3.8, 4) is 18.1 Å². The largest absolute Gasteiger partial charge is 0.489 e. The average Bonchev–Trinajstić information content (AvgIpc) is 2.69. The van der Waals surface area contributed by atoms with Crippen LogP contribution in [0.3, 0.4) is 0 Å². The third-order valence-corrected chi connectivity index (χ3v) is 4.77. The lowest BCUT2D eigenvalue weighted by Gasteiger charge is -2.14. The van der Waals surface area contributed by atoms with Gasteiger partial charge in [-0.1, -0.05) is 42.3 Å². The Morgan fingerprint density at radius 3 is 2.74 bits per heavy atom. The van der Waals surface area contributed by atoms with Gasteiger partial charge < -0.3 is 10.1 Å². The van der Waals surface area contributed by atoms with E-state index in [9.17, 15) is 0 Å². The summed E-state index contributed by atoms with van der Waals surface area (Å²) in [6.45, 7) is 8.49. The molecular weight excluding hydrogens is 330 g/mol. The van der Waals surface area contributed by atoms with Crippen LogP contribution in [0, 0.1) is 19.3 Å². The van der Waals surface area contributed by atoms with Crippen LogP contribution in [-0.4, -0.2) is 7.05 Å². The van der Waals surface area contributed by atoms with Gasteiger partial charge in [0.15, 0.2) is 0 Å². The van der Waals surface area contributed by atoms with Gasteiger partial charge in [0.2, 0.25) is 0 Å². The van der Waals surface area contributed by atoms with Gasteiger partial charge in [0.1, 0.15) is 12.4 Å². The van der Waals surface area contributed by atoms with E-state index >= 15 is 0 Å². The van der Waals surface area contributed by atoms with Gasteiger partial charge in [-0.3, -0.25) is 0 Å².